The van der Waals surface area contributed by atoms with Gasteiger partial charge in [-0.3, -0.25) is 4.79 Å². The summed E-state index contributed by atoms with van der Waals surface area (Å²) in [6.07, 6.45) is 0.960. The fraction of sp³-hybridized carbons (Fsp3) is 0.0625. The molecule has 0 aromatic heterocycles. The van der Waals surface area contributed by atoms with Gasteiger partial charge in [0.1, 0.15) is 5.83 Å². The second-order valence-corrected chi connectivity index (χ2v) is 4.22. The Hall–Kier alpha value is -2.42. The minimum atomic E-state index is -0.544. The summed E-state index contributed by atoms with van der Waals surface area (Å²) in [7, 11) is 0. The summed E-state index contributed by atoms with van der Waals surface area (Å²) in [4.78, 5) is 11.7. The Balaban J connectivity index is 2.10. The van der Waals surface area contributed by atoms with Crippen molar-refractivity contribution in [1.29, 1.82) is 0 Å². The van der Waals surface area contributed by atoms with E-state index < -0.39 is 11.7 Å². The predicted octanol–water partition coefficient (Wildman–Crippen LogP) is 3.94. The van der Waals surface area contributed by atoms with Crippen molar-refractivity contribution in [3.05, 3.63) is 71.8 Å². The first-order valence-electron chi connectivity index (χ1n) is 5.95. The third-order valence-corrected chi connectivity index (χ3v) is 2.59. The van der Waals surface area contributed by atoms with Gasteiger partial charge in [0.2, 0.25) is 0 Å². The van der Waals surface area contributed by atoms with E-state index >= 15 is 0 Å². The number of amides is 1. The summed E-state index contributed by atoms with van der Waals surface area (Å²) < 4.78 is 13.9. The van der Waals surface area contributed by atoms with E-state index in [1.165, 1.54) is 0 Å². The summed E-state index contributed by atoms with van der Waals surface area (Å²) >= 11 is 0. The van der Waals surface area contributed by atoms with Crippen LogP contribution < -0.4 is 5.32 Å². The first-order chi connectivity index (χ1) is 9.15. The highest BCUT2D eigenvalue weighted by Crippen LogP contribution is 2.17. The molecule has 0 spiro atoms. The molecule has 1 N–H and O–H groups in total. The van der Waals surface area contributed by atoms with Crippen LogP contribution in [0.1, 0.15) is 11.1 Å². The maximum absolute atomic E-state index is 13.9. The number of carbonyl (C=O) groups is 1. The average molecular weight is 255 g/mol. The number of benzene rings is 2. The van der Waals surface area contributed by atoms with E-state index in [1.54, 1.807) is 42.5 Å². The molecular formula is C16H14FNO. The zero-order valence-corrected chi connectivity index (χ0v) is 10.6. The highest BCUT2D eigenvalue weighted by molar-refractivity contribution is 6.03. The standard InChI is InChI=1S/C16H14FNO/c1-12-6-5-7-13(10-12)15(17)11-16(19)18-14-8-3-2-4-9-14/h2-11H,1H3,(H,18,19)/b15-11+. The molecule has 0 bridgehead atoms. The van der Waals surface area contributed by atoms with E-state index in [1.807, 2.05) is 19.1 Å². The van der Waals surface area contributed by atoms with Gasteiger partial charge in [0.25, 0.3) is 5.91 Å². The summed E-state index contributed by atoms with van der Waals surface area (Å²) in [5.74, 6) is -1.03. The maximum atomic E-state index is 13.9. The molecule has 0 heterocycles. The smallest absolute Gasteiger partial charge is 0.251 e. The van der Waals surface area contributed by atoms with Crippen molar-refractivity contribution < 1.29 is 9.18 Å². The molecule has 0 unspecified atom stereocenters. The van der Waals surface area contributed by atoms with E-state index in [0.717, 1.165) is 11.6 Å². The van der Waals surface area contributed by atoms with Crippen molar-refractivity contribution in [3.63, 3.8) is 0 Å². The quantitative estimate of drug-likeness (QED) is 0.827. The highest BCUT2D eigenvalue weighted by atomic mass is 19.1. The molecule has 3 heteroatoms. The van der Waals surface area contributed by atoms with Crippen molar-refractivity contribution in [2.75, 3.05) is 5.32 Å². The lowest BCUT2D eigenvalue weighted by molar-refractivity contribution is -0.111. The van der Waals surface area contributed by atoms with E-state index in [4.69, 9.17) is 0 Å². The van der Waals surface area contributed by atoms with Crippen LogP contribution in [0.3, 0.4) is 0 Å². The van der Waals surface area contributed by atoms with Crippen LogP contribution in [0, 0.1) is 6.92 Å². The van der Waals surface area contributed by atoms with Gasteiger partial charge >= 0.3 is 0 Å². The lowest BCUT2D eigenvalue weighted by Gasteiger charge is -2.02. The van der Waals surface area contributed by atoms with Gasteiger partial charge in [0.05, 0.1) is 0 Å². The first kappa shape index (κ1) is 13.0. The minimum absolute atomic E-state index is 0.406. The Kier molecular flexibility index (Phi) is 4.08. The van der Waals surface area contributed by atoms with Crippen LogP contribution in [-0.2, 0) is 4.79 Å². The van der Waals surface area contributed by atoms with Crippen LogP contribution in [0.25, 0.3) is 5.83 Å². The molecule has 0 atom stereocenters. The topological polar surface area (TPSA) is 29.1 Å². The molecule has 0 fully saturated rings. The Morgan fingerprint density at radius 1 is 1.11 bits per heavy atom. The number of halogens is 1. The van der Waals surface area contributed by atoms with Crippen LogP contribution >= 0.6 is 0 Å². The van der Waals surface area contributed by atoms with Crippen LogP contribution in [0.15, 0.2) is 60.7 Å². The zero-order chi connectivity index (χ0) is 13.7. The first-order valence-corrected chi connectivity index (χ1v) is 5.95. The van der Waals surface area contributed by atoms with Gasteiger partial charge in [0, 0.05) is 17.3 Å². The Labute approximate surface area is 111 Å². The molecule has 0 radical (unpaired) electrons. The second kappa shape index (κ2) is 5.96. The second-order valence-electron chi connectivity index (χ2n) is 4.22. The number of hydrogen-bond acceptors (Lipinski definition) is 1. The van der Waals surface area contributed by atoms with Gasteiger partial charge in [-0.1, -0.05) is 42.0 Å². The highest BCUT2D eigenvalue weighted by Gasteiger charge is 2.04. The number of nitrogens with one attached hydrogen (secondary N) is 1. The third-order valence-electron chi connectivity index (χ3n) is 2.59. The molecule has 0 aliphatic heterocycles. The summed E-state index contributed by atoms with van der Waals surface area (Å²) in [5.41, 5.74) is 1.99. The number of anilines is 1. The number of hydrogen-bond donors (Lipinski definition) is 1. The zero-order valence-electron chi connectivity index (χ0n) is 10.6. The fourth-order valence-corrected chi connectivity index (χ4v) is 1.69. The number of aryl methyl sites for hydroxylation is 1. The molecule has 1 amide bonds. The van der Waals surface area contributed by atoms with Gasteiger partial charge < -0.3 is 5.32 Å². The lowest BCUT2D eigenvalue weighted by atomic mass is 10.1. The van der Waals surface area contributed by atoms with Crippen molar-refractivity contribution in [2.45, 2.75) is 6.92 Å². The molecule has 0 aliphatic rings. The normalized spacial score (nSPS) is 11.2. The molecule has 0 saturated heterocycles. The summed E-state index contributed by atoms with van der Waals surface area (Å²) in [5, 5.41) is 2.60. The predicted molar refractivity (Wildman–Crippen MR) is 75.3 cm³/mol. The largest absolute Gasteiger partial charge is 0.322 e. The minimum Gasteiger partial charge on any atom is -0.322 e. The van der Waals surface area contributed by atoms with E-state index in [2.05, 4.69) is 5.32 Å². The molecule has 2 aromatic rings. The van der Waals surface area contributed by atoms with Gasteiger partial charge in [-0.2, -0.15) is 0 Å². The van der Waals surface area contributed by atoms with Crippen molar-refractivity contribution in [1.82, 2.24) is 0 Å². The van der Waals surface area contributed by atoms with Crippen LogP contribution in [0.2, 0.25) is 0 Å². The number of rotatable bonds is 3. The molecule has 2 nitrogen and oxygen atoms in total. The Morgan fingerprint density at radius 2 is 1.84 bits per heavy atom. The van der Waals surface area contributed by atoms with Crippen LogP contribution in [0.4, 0.5) is 10.1 Å². The van der Waals surface area contributed by atoms with Crippen molar-refractivity contribution in [2.24, 2.45) is 0 Å². The van der Waals surface area contributed by atoms with E-state index in [0.29, 0.717) is 11.3 Å². The fourth-order valence-electron chi connectivity index (χ4n) is 1.69. The van der Waals surface area contributed by atoms with Crippen molar-refractivity contribution in [3.8, 4) is 0 Å². The third kappa shape index (κ3) is 3.78. The molecular weight excluding hydrogens is 241 g/mol. The monoisotopic (exact) mass is 255 g/mol. The van der Waals surface area contributed by atoms with E-state index in [-0.39, 0.29) is 0 Å². The van der Waals surface area contributed by atoms with Gasteiger partial charge in [-0.15, -0.1) is 0 Å². The average Bonchev–Trinajstić information content (AvgIpc) is 2.39. The number of para-hydroxylation sites is 1. The Morgan fingerprint density at radius 3 is 2.53 bits per heavy atom. The van der Waals surface area contributed by atoms with Gasteiger partial charge in [0.15, 0.2) is 0 Å². The van der Waals surface area contributed by atoms with E-state index in [9.17, 15) is 9.18 Å². The summed E-state index contributed by atoms with van der Waals surface area (Å²) in [6, 6.07) is 15.9. The van der Waals surface area contributed by atoms with Gasteiger partial charge in [-0.05, 0) is 25.1 Å². The molecule has 2 rings (SSSR count). The molecule has 19 heavy (non-hydrogen) atoms. The lowest BCUT2D eigenvalue weighted by Crippen LogP contribution is -2.08. The van der Waals surface area contributed by atoms with Crippen LogP contribution in [-0.4, -0.2) is 5.91 Å². The molecule has 0 saturated carbocycles. The molecule has 0 aliphatic carbocycles. The maximum Gasteiger partial charge on any atom is 0.251 e. The molecule has 96 valence electrons. The van der Waals surface area contributed by atoms with Crippen molar-refractivity contribution >= 4 is 17.4 Å². The molecule has 2 aromatic carbocycles. The summed E-state index contributed by atoms with van der Waals surface area (Å²) in [6.45, 7) is 1.88. The van der Waals surface area contributed by atoms with Crippen LogP contribution in [0.5, 0.6) is 0 Å². The SMILES string of the molecule is Cc1cccc(/C(F)=C\C(=O)Nc2ccccc2)c1. The van der Waals surface area contributed by atoms with Gasteiger partial charge in [-0.25, -0.2) is 4.39 Å². The Bertz CT molecular complexity index is 605. The number of carbonyl (C=O) groups excluding carboxylic acids is 1.